The first-order chi connectivity index (χ1) is 11.6. The van der Waals surface area contributed by atoms with E-state index in [1.165, 1.54) is 12.1 Å². The summed E-state index contributed by atoms with van der Waals surface area (Å²) < 4.78 is 25.2. The summed E-state index contributed by atoms with van der Waals surface area (Å²) in [5, 5.41) is 23.2. The van der Waals surface area contributed by atoms with E-state index in [0.717, 1.165) is 11.6 Å². The van der Waals surface area contributed by atoms with E-state index < -0.39 is 14.9 Å². The SMILES string of the molecule is CN(C)C(CNc1ccc([N+](=O)[O-])cc1S(N)(=O)=O)c1cnn(C)c1. The van der Waals surface area contributed by atoms with Crippen molar-refractivity contribution in [3.05, 3.63) is 46.3 Å². The smallest absolute Gasteiger partial charge is 0.270 e. The number of non-ortho nitro benzene ring substituents is 1. The van der Waals surface area contributed by atoms with Crippen LogP contribution >= 0.6 is 0 Å². The third-order valence-corrected chi connectivity index (χ3v) is 4.65. The fourth-order valence-electron chi connectivity index (χ4n) is 2.42. The van der Waals surface area contributed by atoms with E-state index in [1.54, 1.807) is 17.9 Å². The van der Waals surface area contributed by atoms with Crippen LogP contribution in [-0.4, -0.2) is 48.7 Å². The van der Waals surface area contributed by atoms with Crippen LogP contribution in [0.4, 0.5) is 11.4 Å². The first-order valence-electron chi connectivity index (χ1n) is 7.29. The number of sulfonamides is 1. The second-order valence-electron chi connectivity index (χ2n) is 5.79. The fraction of sp³-hybridized carbons (Fsp3) is 0.357. The van der Waals surface area contributed by atoms with E-state index in [1.807, 2.05) is 25.2 Å². The van der Waals surface area contributed by atoms with Crippen molar-refractivity contribution in [2.24, 2.45) is 12.2 Å². The van der Waals surface area contributed by atoms with Crippen molar-refractivity contribution < 1.29 is 13.3 Å². The molecule has 0 bridgehead atoms. The van der Waals surface area contributed by atoms with Crippen LogP contribution in [0.25, 0.3) is 0 Å². The first kappa shape index (κ1) is 18.8. The summed E-state index contributed by atoms with van der Waals surface area (Å²) in [6.07, 6.45) is 3.59. The third kappa shape index (κ3) is 4.53. The number of benzene rings is 1. The molecule has 2 aromatic rings. The molecular weight excluding hydrogens is 348 g/mol. The van der Waals surface area contributed by atoms with Crippen LogP contribution in [0.3, 0.4) is 0 Å². The number of primary sulfonamides is 1. The largest absolute Gasteiger partial charge is 0.382 e. The van der Waals surface area contributed by atoms with E-state index >= 15 is 0 Å². The Bertz CT molecular complexity index is 877. The lowest BCUT2D eigenvalue weighted by atomic mass is 10.1. The highest BCUT2D eigenvalue weighted by molar-refractivity contribution is 7.89. The molecule has 0 aliphatic carbocycles. The van der Waals surface area contributed by atoms with Crippen LogP contribution in [0.15, 0.2) is 35.5 Å². The van der Waals surface area contributed by atoms with Crippen LogP contribution in [0.2, 0.25) is 0 Å². The number of nitro benzene ring substituents is 1. The van der Waals surface area contributed by atoms with Crippen LogP contribution in [0.5, 0.6) is 0 Å². The summed E-state index contributed by atoms with van der Waals surface area (Å²) in [7, 11) is 1.46. The van der Waals surface area contributed by atoms with Gasteiger partial charge in [0.05, 0.1) is 22.8 Å². The standard InChI is InChI=1S/C14H20N6O4S/c1-18(2)13(10-7-17-19(3)9-10)8-16-12-5-4-11(20(21)22)6-14(12)25(15,23)24/h4-7,9,13,16H,8H2,1-3H3,(H2,15,23,24). The lowest BCUT2D eigenvalue weighted by Crippen LogP contribution is -2.27. The number of hydrogen-bond acceptors (Lipinski definition) is 7. The van der Waals surface area contributed by atoms with Crippen molar-refractivity contribution in [2.45, 2.75) is 10.9 Å². The Balaban J connectivity index is 2.31. The molecule has 25 heavy (non-hydrogen) atoms. The molecule has 0 saturated heterocycles. The van der Waals surface area contributed by atoms with Crippen molar-refractivity contribution in [1.29, 1.82) is 0 Å². The van der Waals surface area contributed by atoms with Gasteiger partial charge in [0.2, 0.25) is 10.0 Å². The van der Waals surface area contributed by atoms with Gasteiger partial charge in [-0.1, -0.05) is 0 Å². The molecule has 136 valence electrons. The van der Waals surface area contributed by atoms with Crippen molar-refractivity contribution in [1.82, 2.24) is 14.7 Å². The number of rotatable bonds is 7. The maximum absolute atomic E-state index is 11.8. The quantitative estimate of drug-likeness (QED) is 0.542. The number of hydrogen-bond donors (Lipinski definition) is 2. The molecular formula is C14H20N6O4S. The Morgan fingerprint density at radius 2 is 2.12 bits per heavy atom. The minimum absolute atomic E-state index is 0.0859. The molecule has 11 heteroatoms. The summed E-state index contributed by atoms with van der Waals surface area (Å²) in [4.78, 5) is 11.8. The topological polar surface area (TPSA) is 136 Å². The number of aryl methyl sites for hydroxylation is 1. The second kappa shape index (κ2) is 7.17. The number of nitrogens with zero attached hydrogens (tertiary/aromatic N) is 4. The van der Waals surface area contributed by atoms with Gasteiger partial charge in [-0.25, -0.2) is 13.6 Å². The van der Waals surface area contributed by atoms with Crippen LogP contribution < -0.4 is 10.5 Å². The summed E-state index contributed by atoms with van der Waals surface area (Å²) >= 11 is 0. The molecule has 0 amide bonds. The minimum atomic E-state index is -4.12. The molecule has 0 saturated carbocycles. The molecule has 0 spiro atoms. The average Bonchev–Trinajstić information content (AvgIpc) is 2.92. The number of aromatic nitrogens is 2. The van der Waals surface area contributed by atoms with E-state index in [9.17, 15) is 18.5 Å². The van der Waals surface area contributed by atoms with Gasteiger partial charge >= 0.3 is 0 Å². The van der Waals surface area contributed by atoms with Crippen molar-refractivity contribution in [3.8, 4) is 0 Å². The lowest BCUT2D eigenvalue weighted by molar-refractivity contribution is -0.385. The van der Waals surface area contributed by atoms with Crippen molar-refractivity contribution in [3.63, 3.8) is 0 Å². The van der Waals surface area contributed by atoms with Gasteiger partial charge in [0.1, 0.15) is 4.90 Å². The van der Waals surface area contributed by atoms with Crippen molar-refractivity contribution in [2.75, 3.05) is 26.0 Å². The van der Waals surface area contributed by atoms with Crippen LogP contribution in [0, 0.1) is 10.1 Å². The highest BCUT2D eigenvalue weighted by Crippen LogP contribution is 2.27. The summed E-state index contributed by atoms with van der Waals surface area (Å²) in [6, 6.07) is 3.43. The van der Waals surface area contributed by atoms with E-state index in [-0.39, 0.29) is 22.3 Å². The Morgan fingerprint density at radius 3 is 2.60 bits per heavy atom. The van der Waals surface area contributed by atoms with Gasteiger partial charge in [-0.2, -0.15) is 5.10 Å². The van der Waals surface area contributed by atoms with Gasteiger partial charge in [0.25, 0.3) is 5.69 Å². The Hall–Kier alpha value is -2.50. The highest BCUT2D eigenvalue weighted by Gasteiger charge is 2.21. The van der Waals surface area contributed by atoms with E-state index in [2.05, 4.69) is 10.4 Å². The van der Waals surface area contributed by atoms with Gasteiger partial charge in [0, 0.05) is 37.5 Å². The third-order valence-electron chi connectivity index (χ3n) is 3.70. The zero-order valence-corrected chi connectivity index (χ0v) is 14.9. The van der Waals surface area contributed by atoms with Crippen LogP contribution in [-0.2, 0) is 17.1 Å². The summed E-state index contributed by atoms with van der Waals surface area (Å²) in [5.74, 6) is 0. The molecule has 1 atom stereocenters. The van der Waals surface area contributed by atoms with Crippen molar-refractivity contribution >= 4 is 21.4 Å². The molecule has 0 aliphatic rings. The molecule has 0 radical (unpaired) electrons. The number of anilines is 1. The fourth-order valence-corrected chi connectivity index (χ4v) is 3.16. The minimum Gasteiger partial charge on any atom is -0.382 e. The van der Waals surface area contributed by atoms with Gasteiger partial charge in [-0.3, -0.25) is 14.8 Å². The van der Waals surface area contributed by atoms with Crippen LogP contribution in [0.1, 0.15) is 11.6 Å². The van der Waals surface area contributed by atoms with E-state index in [0.29, 0.717) is 6.54 Å². The number of likely N-dealkylation sites (N-methyl/N-ethyl adjacent to an activating group) is 1. The Morgan fingerprint density at radius 1 is 1.44 bits per heavy atom. The molecule has 1 aromatic carbocycles. The summed E-state index contributed by atoms with van der Waals surface area (Å²) in [5.41, 5.74) is 0.814. The Kier molecular flexibility index (Phi) is 5.40. The molecule has 2 rings (SSSR count). The highest BCUT2D eigenvalue weighted by atomic mass is 32.2. The zero-order chi connectivity index (χ0) is 18.8. The monoisotopic (exact) mass is 368 g/mol. The maximum atomic E-state index is 11.8. The predicted octanol–water partition coefficient (Wildman–Crippen LogP) is 0.691. The van der Waals surface area contributed by atoms with Gasteiger partial charge < -0.3 is 10.2 Å². The molecule has 1 unspecified atom stereocenters. The molecule has 1 heterocycles. The van der Waals surface area contributed by atoms with E-state index in [4.69, 9.17) is 5.14 Å². The zero-order valence-electron chi connectivity index (χ0n) is 14.1. The number of nitrogens with one attached hydrogen (secondary N) is 1. The molecule has 0 fully saturated rings. The van der Waals surface area contributed by atoms with Gasteiger partial charge in [-0.05, 0) is 20.2 Å². The predicted molar refractivity (Wildman–Crippen MR) is 92.6 cm³/mol. The second-order valence-corrected chi connectivity index (χ2v) is 7.32. The summed E-state index contributed by atoms with van der Waals surface area (Å²) in [6.45, 7) is 0.360. The first-order valence-corrected chi connectivity index (χ1v) is 8.84. The Labute approximate surface area is 145 Å². The maximum Gasteiger partial charge on any atom is 0.270 e. The number of nitrogens with two attached hydrogens (primary N) is 1. The van der Waals surface area contributed by atoms with Gasteiger partial charge in [0.15, 0.2) is 0 Å². The molecule has 0 aliphatic heterocycles. The molecule has 3 N–H and O–H groups in total. The molecule has 1 aromatic heterocycles. The normalized spacial score (nSPS) is 13.0. The number of nitro groups is 1. The van der Waals surface area contributed by atoms with Gasteiger partial charge in [-0.15, -0.1) is 0 Å². The lowest BCUT2D eigenvalue weighted by Gasteiger charge is -2.24. The molecule has 10 nitrogen and oxygen atoms in total. The average molecular weight is 368 g/mol.